The topological polar surface area (TPSA) is 67.9 Å². The van der Waals surface area contributed by atoms with Crippen molar-refractivity contribution in [3.8, 4) is 11.5 Å². The Hall–Kier alpha value is -4.06. The quantitative estimate of drug-likeness (QED) is 0.515. The first-order valence-electron chi connectivity index (χ1n) is 10.8. The highest BCUT2D eigenvalue weighted by Gasteiger charge is 2.41. The van der Waals surface area contributed by atoms with E-state index in [-0.39, 0.29) is 5.70 Å². The number of nitrogens with zero attached hydrogens (tertiary/aromatic N) is 1. The Kier molecular flexibility index (Phi) is 6.18. The van der Waals surface area contributed by atoms with E-state index in [1.165, 1.54) is 4.90 Å². The van der Waals surface area contributed by atoms with Crippen LogP contribution >= 0.6 is 0 Å². The number of amides is 2. The van der Waals surface area contributed by atoms with Crippen LogP contribution in [0.5, 0.6) is 11.5 Å². The molecule has 3 aromatic rings. The van der Waals surface area contributed by atoms with Crippen molar-refractivity contribution in [3.05, 3.63) is 89.1 Å². The van der Waals surface area contributed by atoms with Gasteiger partial charge in [0.15, 0.2) is 0 Å². The van der Waals surface area contributed by atoms with Gasteiger partial charge in [-0.15, -0.1) is 0 Å². The third-order valence-electron chi connectivity index (χ3n) is 5.65. The highest BCUT2D eigenvalue weighted by Crippen LogP contribution is 2.39. The lowest BCUT2D eigenvalue weighted by atomic mass is 9.99. The molecule has 0 aliphatic carbocycles. The molecule has 2 amide bonds. The Morgan fingerprint density at radius 2 is 1.55 bits per heavy atom. The fourth-order valence-corrected chi connectivity index (χ4v) is 3.83. The summed E-state index contributed by atoms with van der Waals surface area (Å²) in [6, 6.07) is 20.1. The molecule has 4 rings (SSSR count). The zero-order valence-corrected chi connectivity index (χ0v) is 19.1. The molecule has 0 spiro atoms. The monoisotopic (exact) mass is 442 g/mol. The molecule has 1 aliphatic rings. The predicted octanol–water partition coefficient (Wildman–Crippen LogP) is 5.11. The smallest absolute Gasteiger partial charge is 0.282 e. The Labute approximate surface area is 193 Å². The van der Waals surface area contributed by atoms with E-state index < -0.39 is 11.8 Å². The summed E-state index contributed by atoms with van der Waals surface area (Å²) < 4.78 is 11.1. The Bertz CT molecular complexity index is 1260. The molecule has 0 saturated heterocycles. The average molecular weight is 443 g/mol. The van der Waals surface area contributed by atoms with Crippen LogP contribution in [0.15, 0.2) is 72.4 Å². The maximum absolute atomic E-state index is 13.7. The van der Waals surface area contributed by atoms with E-state index in [2.05, 4.69) is 5.32 Å². The van der Waals surface area contributed by atoms with Crippen molar-refractivity contribution >= 4 is 28.8 Å². The van der Waals surface area contributed by atoms with Crippen molar-refractivity contribution in [2.75, 3.05) is 23.9 Å². The fourth-order valence-electron chi connectivity index (χ4n) is 3.83. The van der Waals surface area contributed by atoms with Gasteiger partial charge in [0.25, 0.3) is 11.8 Å². The molecule has 33 heavy (non-hydrogen) atoms. The van der Waals surface area contributed by atoms with Gasteiger partial charge in [0, 0.05) is 0 Å². The number of ether oxygens (including phenoxy) is 2. The summed E-state index contributed by atoms with van der Waals surface area (Å²) in [5.41, 5.74) is 4.31. The van der Waals surface area contributed by atoms with E-state index in [1.54, 1.807) is 37.4 Å². The molecule has 6 heteroatoms. The standard InChI is InChI=1S/C27H26N2O4/c1-5-33-23-13-9-7-11-21(23)29-26(30)24(19-15-14-17(2)18(3)16-19)25(27(29)31)28-20-10-6-8-12-22(20)32-4/h6-16,28H,5H2,1-4H3. The van der Waals surface area contributed by atoms with Crippen molar-refractivity contribution in [1.29, 1.82) is 0 Å². The lowest BCUT2D eigenvalue weighted by molar-refractivity contribution is -0.120. The molecular formula is C27H26N2O4. The molecule has 0 atom stereocenters. The number of anilines is 2. The molecule has 0 radical (unpaired) electrons. The summed E-state index contributed by atoms with van der Waals surface area (Å²) in [7, 11) is 1.56. The molecular weight excluding hydrogens is 416 g/mol. The molecule has 0 fully saturated rings. The second-order valence-electron chi connectivity index (χ2n) is 7.72. The first-order chi connectivity index (χ1) is 16.0. The number of hydrogen-bond acceptors (Lipinski definition) is 5. The number of hydrogen-bond donors (Lipinski definition) is 1. The van der Waals surface area contributed by atoms with Crippen molar-refractivity contribution in [3.63, 3.8) is 0 Å². The number of rotatable bonds is 7. The van der Waals surface area contributed by atoms with E-state index in [1.807, 2.05) is 57.2 Å². The molecule has 3 aromatic carbocycles. The van der Waals surface area contributed by atoms with E-state index in [0.29, 0.717) is 40.6 Å². The summed E-state index contributed by atoms with van der Waals surface area (Å²) in [6.07, 6.45) is 0. The van der Waals surface area contributed by atoms with Crippen molar-refractivity contribution in [1.82, 2.24) is 0 Å². The van der Waals surface area contributed by atoms with Crippen molar-refractivity contribution in [2.24, 2.45) is 0 Å². The Balaban J connectivity index is 1.87. The van der Waals surface area contributed by atoms with Gasteiger partial charge in [0.1, 0.15) is 17.2 Å². The second-order valence-corrected chi connectivity index (χ2v) is 7.72. The SMILES string of the molecule is CCOc1ccccc1N1C(=O)C(Nc2ccccc2OC)=C(c2ccc(C)c(C)c2)C1=O. The predicted molar refractivity (Wildman–Crippen MR) is 130 cm³/mol. The van der Waals surface area contributed by atoms with Crippen LogP contribution in [-0.4, -0.2) is 25.5 Å². The fraction of sp³-hybridized carbons (Fsp3) is 0.185. The highest BCUT2D eigenvalue weighted by molar-refractivity contribution is 6.46. The van der Waals surface area contributed by atoms with Gasteiger partial charge in [-0.1, -0.05) is 42.5 Å². The zero-order chi connectivity index (χ0) is 23.5. The molecule has 1 heterocycles. The first kappa shape index (κ1) is 22.1. The number of methoxy groups -OCH3 is 1. The molecule has 1 aliphatic heterocycles. The van der Waals surface area contributed by atoms with Gasteiger partial charge in [-0.3, -0.25) is 9.59 Å². The van der Waals surface area contributed by atoms with Crippen molar-refractivity contribution in [2.45, 2.75) is 20.8 Å². The number of para-hydroxylation sites is 4. The van der Waals surface area contributed by atoms with Crippen LogP contribution in [0, 0.1) is 13.8 Å². The molecule has 1 N–H and O–H groups in total. The summed E-state index contributed by atoms with van der Waals surface area (Å²) >= 11 is 0. The van der Waals surface area contributed by atoms with E-state index in [0.717, 1.165) is 11.1 Å². The van der Waals surface area contributed by atoms with Crippen LogP contribution in [0.1, 0.15) is 23.6 Å². The van der Waals surface area contributed by atoms with Crippen LogP contribution in [-0.2, 0) is 9.59 Å². The molecule has 168 valence electrons. The molecule has 0 saturated carbocycles. The summed E-state index contributed by atoms with van der Waals surface area (Å²) in [6.45, 7) is 6.26. The number of aryl methyl sites for hydroxylation is 2. The molecule has 0 bridgehead atoms. The van der Waals surface area contributed by atoms with Crippen molar-refractivity contribution < 1.29 is 19.1 Å². The Morgan fingerprint density at radius 3 is 2.24 bits per heavy atom. The maximum Gasteiger partial charge on any atom is 0.282 e. The van der Waals surface area contributed by atoms with Gasteiger partial charge in [0.05, 0.1) is 30.7 Å². The van der Waals surface area contributed by atoms with Gasteiger partial charge in [-0.2, -0.15) is 0 Å². The summed E-state index contributed by atoms with van der Waals surface area (Å²) in [5.74, 6) is 0.177. The van der Waals surface area contributed by atoms with E-state index >= 15 is 0 Å². The molecule has 6 nitrogen and oxygen atoms in total. The van der Waals surface area contributed by atoms with Crippen LogP contribution in [0.3, 0.4) is 0 Å². The third kappa shape index (κ3) is 4.07. The molecule has 0 aromatic heterocycles. The van der Waals surface area contributed by atoms with Gasteiger partial charge >= 0.3 is 0 Å². The van der Waals surface area contributed by atoms with Crippen LogP contribution < -0.4 is 19.7 Å². The lowest BCUT2D eigenvalue weighted by Crippen LogP contribution is -2.32. The largest absolute Gasteiger partial charge is 0.495 e. The Morgan fingerprint density at radius 1 is 0.848 bits per heavy atom. The molecule has 0 unspecified atom stereocenters. The van der Waals surface area contributed by atoms with Gasteiger partial charge in [-0.25, -0.2) is 4.90 Å². The van der Waals surface area contributed by atoms with Gasteiger partial charge in [0.2, 0.25) is 0 Å². The number of benzene rings is 3. The van der Waals surface area contributed by atoms with Crippen LogP contribution in [0.4, 0.5) is 11.4 Å². The number of carbonyl (C=O) groups excluding carboxylic acids is 2. The normalized spacial score (nSPS) is 13.5. The van der Waals surface area contributed by atoms with Crippen LogP contribution in [0.25, 0.3) is 5.57 Å². The minimum Gasteiger partial charge on any atom is -0.495 e. The maximum atomic E-state index is 13.7. The first-order valence-corrected chi connectivity index (χ1v) is 10.8. The average Bonchev–Trinajstić information content (AvgIpc) is 3.06. The summed E-state index contributed by atoms with van der Waals surface area (Å²) in [5, 5.41) is 3.18. The number of imide groups is 1. The third-order valence-corrected chi connectivity index (χ3v) is 5.65. The number of nitrogens with one attached hydrogen (secondary N) is 1. The van der Waals surface area contributed by atoms with E-state index in [4.69, 9.17) is 9.47 Å². The zero-order valence-electron chi connectivity index (χ0n) is 19.1. The highest BCUT2D eigenvalue weighted by atomic mass is 16.5. The lowest BCUT2D eigenvalue weighted by Gasteiger charge is -2.19. The van der Waals surface area contributed by atoms with Gasteiger partial charge in [-0.05, 0) is 61.7 Å². The minimum atomic E-state index is -0.453. The second kappa shape index (κ2) is 9.20. The van der Waals surface area contributed by atoms with E-state index in [9.17, 15) is 9.59 Å². The minimum absolute atomic E-state index is 0.194. The van der Waals surface area contributed by atoms with Gasteiger partial charge < -0.3 is 14.8 Å². The summed E-state index contributed by atoms with van der Waals surface area (Å²) in [4.78, 5) is 28.6. The number of carbonyl (C=O) groups is 2. The van der Waals surface area contributed by atoms with Crippen LogP contribution in [0.2, 0.25) is 0 Å².